The molecule has 0 saturated carbocycles. The van der Waals surface area contributed by atoms with Crippen LogP contribution in [0.2, 0.25) is 5.02 Å². The highest BCUT2D eigenvalue weighted by molar-refractivity contribution is 6.32. The Morgan fingerprint density at radius 1 is 1.03 bits per heavy atom. The zero-order chi connectivity index (χ0) is 24.0. The number of carbonyl (C=O) groups is 1. The number of ether oxygens (including phenoxy) is 2. The lowest BCUT2D eigenvalue weighted by molar-refractivity contribution is -0.144. The Balaban J connectivity index is 1.85. The van der Waals surface area contributed by atoms with Gasteiger partial charge in [0.15, 0.2) is 11.9 Å². The summed E-state index contributed by atoms with van der Waals surface area (Å²) in [6, 6.07) is 15.8. The molecule has 10 heteroatoms. The normalized spacial score (nSPS) is 12.4. The smallest absolute Gasteiger partial charge is 0.416 e. The van der Waals surface area contributed by atoms with Gasteiger partial charge in [-0.1, -0.05) is 35.0 Å². The number of benzene rings is 3. The van der Waals surface area contributed by atoms with Gasteiger partial charge in [-0.2, -0.15) is 13.2 Å². The molecule has 0 aliphatic carbocycles. The maximum atomic E-state index is 12.8. The molecule has 3 aromatic carbocycles. The molecule has 3 rings (SSSR count). The van der Waals surface area contributed by atoms with Crippen molar-refractivity contribution in [1.82, 2.24) is 0 Å². The molecule has 0 heterocycles. The number of alkyl halides is 3. The van der Waals surface area contributed by atoms with Crippen LogP contribution in [-0.2, 0) is 11.0 Å². The van der Waals surface area contributed by atoms with E-state index in [9.17, 15) is 18.0 Å². The number of halogens is 4. The van der Waals surface area contributed by atoms with Crippen LogP contribution in [0.25, 0.3) is 0 Å². The van der Waals surface area contributed by atoms with Crippen molar-refractivity contribution in [1.29, 1.82) is 0 Å². The molecule has 1 N–H and O–H groups in total. The Kier molecular flexibility index (Phi) is 7.44. The van der Waals surface area contributed by atoms with Crippen LogP contribution in [0.15, 0.2) is 71.9 Å². The van der Waals surface area contributed by atoms with E-state index in [-0.39, 0.29) is 22.3 Å². The number of hydrogen-bond donors (Lipinski definition) is 1. The zero-order valence-corrected chi connectivity index (χ0v) is 17.8. The van der Waals surface area contributed by atoms with Crippen molar-refractivity contribution in [2.45, 2.75) is 19.2 Å². The molecule has 3 aromatic rings. The number of para-hydroxylation sites is 1. The van der Waals surface area contributed by atoms with E-state index in [1.807, 2.05) is 6.07 Å². The van der Waals surface area contributed by atoms with Gasteiger partial charge in [-0.25, -0.2) is 4.79 Å². The van der Waals surface area contributed by atoms with Gasteiger partial charge in [-0.3, -0.25) is 0 Å². The Morgan fingerprint density at radius 2 is 1.76 bits per heavy atom. The second kappa shape index (κ2) is 10.3. The fourth-order valence-corrected chi connectivity index (χ4v) is 2.76. The molecule has 0 aliphatic rings. The molecule has 172 valence electrons. The van der Waals surface area contributed by atoms with Crippen molar-refractivity contribution in [3.05, 3.63) is 82.9 Å². The molecule has 1 unspecified atom stereocenters. The number of nitrogens with zero attached hydrogens (tertiary/aromatic N) is 1. The van der Waals surface area contributed by atoms with Gasteiger partial charge in [0, 0.05) is 11.6 Å². The minimum atomic E-state index is -4.54. The lowest BCUT2D eigenvalue weighted by atomic mass is 10.2. The fraction of sp³-hybridized carbons (Fsp3) is 0.130. The quantitative estimate of drug-likeness (QED) is 0.298. The van der Waals surface area contributed by atoms with Gasteiger partial charge >= 0.3 is 12.1 Å². The number of aliphatic carboxylic acids is 1. The topological polar surface area (TPSA) is 77.3 Å². The first-order valence-electron chi connectivity index (χ1n) is 9.47. The van der Waals surface area contributed by atoms with Crippen LogP contribution in [0, 0.1) is 0 Å². The molecule has 0 fully saturated rings. The number of carboxylic acids is 1. The number of oxime groups is 1. The van der Waals surface area contributed by atoms with E-state index >= 15 is 0 Å². The van der Waals surface area contributed by atoms with E-state index in [1.165, 1.54) is 31.3 Å². The van der Waals surface area contributed by atoms with Crippen LogP contribution in [0.5, 0.6) is 23.0 Å². The minimum Gasteiger partial charge on any atom is -0.479 e. The molecule has 1 atom stereocenters. The molecule has 0 aliphatic heterocycles. The number of hydrogen-bond acceptors (Lipinski definition) is 5. The summed E-state index contributed by atoms with van der Waals surface area (Å²) >= 11 is 5.94. The van der Waals surface area contributed by atoms with Crippen molar-refractivity contribution < 1.29 is 37.4 Å². The molecule has 6 nitrogen and oxygen atoms in total. The second-order valence-electron chi connectivity index (χ2n) is 6.68. The van der Waals surface area contributed by atoms with E-state index < -0.39 is 23.8 Å². The van der Waals surface area contributed by atoms with Crippen LogP contribution in [0.3, 0.4) is 0 Å². The third kappa shape index (κ3) is 6.63. The molecule has 0 bridgehead atoms. The van der Waals surface area contributed by atoms with Gasteiger partial charge in [-0.05, 0) is 49.4 Å². The molecule has 33 heavy (non-hydrogen) atoms. The SMILES string of the molecule is CC(Oc1cc(Oc2ccc(C(F)(F)F)cc2Cl)ccc1/C=N/Oc1ccccc1)C(=O)O. The van der Waals surface area contributed by atoms with Crippen molar-refractivity contribution in [2.24, 2.45) is 5.16 Å². The molecule has 0 saturated heterocycles. The average Bonchev–Trinajstić information content (AvgIpc) is 2.76. The maximum Gasteiger partial charge on any atom is 0.416 e. The third-order valence-electron chi connectivity index (χ3n) is 4.22. The zero-order valence-electron chi connectivity index (χ0n) is 17.0. The maximum absolute atomic E-state index is 12.8. The number of rotatable bonds is 8. The lowest BCUT2D eigenvalue weighted by Crippen LogP contribution is -2.23. The van der Waals surface area contributed by atoms with E-state index in [2.05, 4.69) is 5.16 Å². The van der Waals surface area contributed by atoms with Gasteiger partial charge in [0.05, 0.1) is 16.8 Å². The highest BCUT2D eigenvalue weighted by Gasteiger charge is 2.31. The Bertz CT molecular complexity index is 1150. The molecule has 0 spiro atoms. The summed E-state index contributed by atoms with van der Waals surface area (Å²) in [6.45, 7) is 1.34. The summed E-state index contributed by atoms with van der Waals surface area (Å²) in [7, 11) is 0. The number of carboxylic acid groups (broad SMARTS) is 1. The first-order valence-corrected chi connectivity index (χ1v) is 9.85. The van der Waals surface area contributed by atoms with E-state index in [0.29, 0.717) is 11.3 Å². The predicted molar refractivity (Wildman–Crippen MR) is 115 cm³/mol. The average molecular weight is 480 g/mol. The Labute approximate surface area is 191 Å². The van der Waals surface area contributed by atoms with E-state index in [0.717, 1.165) is 18.2 Å². The summed E-state index contributed by atoms with van der Waals surface area (Å²) in [6.07, 6.45) is -4.41. The summed E-state index contributed by atoms with van der Waals surface area (Å²) in [5.74, 6) is -0.463. The van der Waals surface area contributed by atoms with E-state index in [1.54, 1.807) is 24.3 Å². The van der Waals surface area contributed by atoms with Crippen LogP contribution in [0.4, 0.5) is 13.2 Å². The van der Waals surface area contributed by atoms with Crippen LogP contribution >= 0.6 is 11.6 Å². The van der Waals surface area contributed by atoms with Gasteiger partial charge in [0.2, 0.25) is 0 Å². The van der Waals surface area contributed by atoms with Gasteiger partial charge < -0.3 is 19.4 Å². The first-order chi connectivity index (χ1) is 15.6. The predicted octanol–water partition coefficient (Wildman–Crippen LogP) is 6.42. The van der Waals surface area contributed by atoms with Gasteiger partial charge in [0.1, 0.15) is 17.2 Å². The molecular weight excluding hydrogens is 463 g/mol. The van der Waals surface area contributed by atoms with Crippen molar-refractivity contribution >= 4 is 23.8 Å². The van der Waals surface area contributed by atoms with Crippen LogP contribution in [-0.4, -0.2) is 23.4 Å². The summed E-state index contributed by atoms with van der Waals surface area (Å²) < 4.78 is 49.6. The van der Waals surface area contributed by atoms with Crippen LogP contribution < -0.4 is 14.3 Å². The van der Waals surface area contributed by atoms with Gasteiger partial charge in [0.25, 0.3) is 0 Å². The van der Waals surface area contributed by atoms with Crippen molar-refractivity contribution in [3.63, 3.8) is 0 Å². The summed E-state index contributed by atoms with van der Waals surface area (Å²) in [4.78, 5) is 16.5. The van der Waals surface area contributed by atoms with Crippen molar-refractivity contribution in [3.8, 4) is 23.0 Å². The fourth-order valence-electron chi connectivity index (χ4n) is 2.54. The Morgan fingerprint density at radius 3 is 2.39 bits per heavy atom. The standard InChI is InChI=1S/C23H17ClF3NO5/c1-14(22(29)30)31-21-12-18(32-20-10-8-16(11-19(20)24)23(25,26)27)9-7-15(21)13-28-33-17-5-3-2-4-6-17/h2-14H,1H3,(H,29,30)/b28-13+. The highest BCUT2D eigenvalue weighted by atomic mass is 35.5. The molecule has 0 amide bonds. The molecule has 0 aromatic heterocycles. The largest absolute Gasteiger partial charge is 0.479 e. The second-order valence-corrected chi connectivity index (χ2v) is 7.09. The van der Waals surface area contributed by atoms with E-state index in [4.69, 9.17) is 31.0 Å². The molecular formula is C23H17ClF3NO5. The summed E-state index contributed by atoms with van der Waals surface area (Å²) in [5.41, 5.74) is -0.533. The monoisotopic (exact) mass is 479 g/mol. The first kappa shape index (κ1) is 23.9. The minimum absolute atomic E-state index is 0.0178. The Hall–Kier alpha value is -3.72. The lowest BCUT2D eigenvalue weighted by Gasteiger charge is -2.15. The molecule has 0 radical (unpaired) electrons. The van der Waals surface area contributed by atoms with Gasteiger partial charge in [-0.15, -0.1) is 0 Å². The van der Waals surface area contributed by atoms with Crippen LogP contribution in [0.1, 0.15) is 18.1 Å². The summed E-state index contributed by atoms with van der Waals surface area (Å²) in [5, 5.41) is 12.8. The highest BCUT2D eigenvalue weighted by Crippen LogP contribution is 2.37. The van der Waals surface area contributed by atoms with Crippen molar-refractivity contribution in [2.75, 3.05) is 0 Å². The third-order valence-corrected chi connectivity index (χ3v) is 4.51.